The molecular formula is C21H32O. The fraction of sp³-hybridized carbons (Fsp3) is 0.714. The zero-order chi connectivity index (χ0) is 15.4. The van der Waals surface area contributed by atoms with Crippen molar-refractivity contribution in [1.29, 1.82) is 0 Å². The molecule has 0 aromatic heterocycles. The van der Waals surface area contributed by atoms with Gasteiger partial charge < -0.3 is 5.11 Å². The van der Waals surface area contributed by atoms with Gasteiger partial charge in [-0.1, -0.05) is 62.9 Å². The first-order valence-electron chi connectivity index (χ1n) is 9.49. The summed E-state index contributed by atoms with van der Waals surface area (Å²) in [7, 11) is 0. The first kappa shape index (κ1) is 16.1. The van der Waals surface area contributed by atoms with Crippen molar-refractivity contribution >= 4 is 0 Å². The molecule has 0 spiro atoms. The summed E-state index contributed by atoms with van der Waals surface area (Å²) in [6.07, 6.45) is 12.9. The van der Waals surface area contributed by atoms with Crippen LogP contribution >= 0.6 is 0 Å². The number of aliphatic hydroxyl groups is 1. The zero-order valence-electron chi connectivity index (χ0n) is 14.1. The minimum atomic E-state index is -0.558. The van der Waals surface area contributed by atoms with Crippen molar-refractivity contribution in [1.82, 2.24) is 0 Å². The average Bonchev–Trinajstić information content (AvgIpc) is 2.58. The maximum absolute atomic E-state index is 11.0. The predicted molar refractivity (Wildman–Crippen MR) is 92.7 cm³/mol. The highest BCUT2D eigenvalue weighted by atomic mass is 16.3. The molecule has 0 saturated heterocycles. The van der Waals surface area contributed by atoms with E-state index in [1.165, 1.54) is 51.4 Å². The van der Waals surface area contributed by atoms with Gasteiger partial charge in [-0.25, -0.2) is 0 Å². The Hall–Kier alpha value is -0.820. The molecule has 1 aromatic rings. The summed E-state index contributed by atoms with van der Waals surface area (Å²) in [5.74, 6) is 2.81. The second kappa shape index (κ2) is 7.17. The third-order valence-electron chi connectivity index (χ3n) is 6.42. The molecule has 0 atom stereocenters. The van der Waals surface area contributed by atoms with E-state index in [1.807, 2.05) is 18.2 Å². The second-order valence-electron chi connectivity index (χ2n) is 7.80. The SMILES string of the molecule is CCCC1CCC([C@H]2CC[C@](O)(c3ccccc3)CC2)CC1. The lowest BCUT2D eigenvalue weighted by molar-refractivity contribution is -0.0260. The van der Waals surface area contributed by atoms with Gasteiger partial charge in [0.25, 0.3) is 0 Å². The highest BCUT2D eigenvalue weighted by Crippen LogP contribution is 2.46. The first-order valence-corrected chi connectivity index (χ1v) is 9.49. The zero-order valence-corrected chi connectivity index (χ0v) is 14.1. The van der Waals surface area contributed by atoms with Gasteiger partial charge in [-0.05, 0) is 61.8 Å². The molecule has 1 nitrogen and oxygen atoms in total. The molecule has 1 heteroatoms. The lowest BCUT2D eigenvalue weighted by Gasteiger charge is -2.41. The third kappa shape index (κ3) is 3.56. The van der Waals surface area contributed by atoms with Crippen LogP contribution in [0.3, 0.4) is 0 Å². The minimum absolute atomic E-state index is 0.558. The van der Waals surface area contributed by atoms with E-state index < -0.39 is 5.60 Å². The molecule has 22 heavy (non-hydrogen) atoms. The normalized spacial score (nSPS) is 36.2. The lowest BCUT2D eigenvalue weighted by atomic mass is 9.66. The van der Waals surface area contributed by atoms with E-state index in [0.717, 1.165) is 36.2 Å². The van der Waals surface area contributed by atoms with Crippen LogP contribution in [0.4, 0.5) is 0 Å². The van der Waals surface area contributed by atoms with Crippen LogP contribution in [-0.4, -0.2) is 5.11 Å². The second-order valence-corrected chi connectivity index (χ2v) is 7.80. The molecule has 3 rings (SSSR count). The number of hydrogen-bond acceptors (Lipinski definition) is 1. The van der Waals surface area contributed by atoms with Crippen LogP contribution in [0.15, 0.2) is 30.3 Å². The molecule has 2 fully saturated rings. The standard InChI is InChI=1S/C21H32O/c1-2-6-17-9-11-18(12-10-17)19-13-15-21(22,16-14-19)20-7-4-3-5-8-20/h3-5,7-8,17-19,22H,2,6,9-16H2,1H3/t17?,18?,19-,21+. The quantitative estimate of drug-likeness (QED) is 0.759. The van der Waals surface area contributed by atoms with Crippen molar-refractivity contribution in [2.75, 3.05) is 0 Å². The van der Waals surface area contributed by atoms with Crippen molar-refractivity contribution in [3.63, 3.8) is 0 Å². The molecule has 0 bridgehead atoms. The van der Waals surface area contributed by atoms with E-state index in [1.54, 1.807) is 0 Å². The van der Waals surface area contributed by atoms with Crippen molar-refractivity contribution in [2.24, 2.45) is 17.8 Å². The molecule has 1 aromatic carbocycles. The monoisotopic (exact) mass is 300 g/mol. The number of benzene rings is 1. The molecule has 0 heterocycles. The van der Waals surface area contributed by atoms with Crippen LogP contribution in [0.5, 0.6) is 0 Å². The van der Waals surface area contributed by atoms with Gasteiger partial charge in [-0.15, -0.1) is 0 Å². The molecular weight excluding hydrogens is 268 g/mol. The third-order valence-corrected chi connectivity index (χ3v) is 6.42. The van der Waals surface area contributed by atoms with Gasteiger partial charge in [0.15, 0.2) is 0 Å². The maximum Gasteiger partial charge on any atom is 0.0896 e. The fourth-order valence-corrected chi connectivity index (χ4v) is 4.98. The minimum Gasteiger partial charge on any atom is -0.385 e. The molecule has 2 aliphatic carbocycles. The summed E-state index contributed by atoms with van der Waals surface area (Å²) in [6.45, 7) is 2.32. The van der Waals surface area contributed by atoms with E-state index in [4.69, 9.17) is 0 Å². The van der Waals surface area contributed by atoms with E-state index >= 15 is 0 Å². The molecule has 0 amide bonds. The molecule has 0 unspecified atom stereocenters. The molecule has 2 saturated carbocycles. The topological polar surface area (TPSA) is 20.2 Å². The fourth-order valence-electron chi connectivity index (χ4n) is 4.98. The molecule has 2 aliphatic rings. The van der Waals surface area contributed by atoms with E-state index in [0.29, 0.717) is 0 Å². The van der Waals surface area contributed by atoms with Crippen molar-refractivity contribution < 1.29 is 5.11 Å². The largest absolute Gasteiger partial charge is 0.385 e. The van der Waals surface area contributed by atoms with E-state index in [9.17, 15) is 5.11 Å². The van der Waals surface area contributed by atoms with Gasteiger partial charge >= 0.3 is 0 Å². The Bertz CT molecular complexity index is 436. The summed E-state index contributed by atoms with van der Waals surface area (Å²) < 4.78 is 0. The van der Waals surface area contributed by atoms with Gasteiger partial charge in [0, 0.05) is 0 Å². The van der Waals surface area contributed by atoms with Crippen molar-refractivity contribution in [3.05, 3.63) is 35.9 Å². The summed E-state index contributed by atoms with van der Waals surface area (Å²) in [6, 6.07) is 10.3. The van der Waals surface area contributed by atoms with Crippen LogP contribution in [0, 0.1) is 17.8 Å². The Morgan fingerprint density at radius 3 is 2.09 bits per heavy atom. The lowest BCUT2D eigenvalue weighted by Crippen LogP contribution is -2.34. The summed E-state index contributed by atoms with van der Waals surface area (Å²) >= 11 is 0. The molecule has 0 aliphatic heterocycles. The number of hydrogen-bond donors (Lipinski definition) is 1. The Kier molecular flexibility index (Phi) is 5.23. The Morgan fingerprint density at radius 1 is 0.909 bits per heavy atom. The Balaban J connectivity index is 1.52. The molecule has 122 valence electrons. The van der Waals surface area contributed by atoms with Crippen LogP contribution < -0.4 is 0 Å². The van der Waals surface area contributed by atoms with Crippen LogP contribution in [0.25, 0.3) is 0 Å². The van der Waals surface area contributed by atoms with Crippen LogP contribution in [0.2, 0.25) is 0 Å². The molecule has 1 N–H and O–H groups in total. The average molecular weight is 300 g/mol. The van der Waals surface area contributed by atoms with Crippen molar-refractivity contribution in [2.45, 2.75) is 76.7 Å². The van der Waals surface area contributed by atoms with E-state index in [-0.39, 0.29) is 0 Å². The van der Waals surface area contributed by atoms with Gasteiger partial charge in [-0.2, -0.15) is 0 Å². The summed E-state index contributed by atoms with van der Waals surface area (Å²) in [5, 5.41) is 11.0. The predicted octanol–water partition coefficient (Wildman–Crippen LogP) is 5.67. The smallest absolute Gasteiger partial charge is 0.0896 e. The number of rotatable bonds is 4. The Labute approximate surface area is 136 Å². The highest BCUT2D eigenvalue weighted by Gasteiger charge is 2.37. The van der Waals surface area contributed by atoms with Gasteiger partial charge in [0.2, 0.25) is 0 Å². The highest BCUT2D eigenvalue weighted by molar-refractivity contribution is 5.22. The van der Waals surface area contributed by atoms with Gasteiger partial charge in [0.05, 0.1) is 5.60 Å². The van der Waals surface area contributed by atoms with Gasteiger partial charge in [0.1, 0.15) is 0 Å². The van der Waals surface area contributed by atoms with Crippen LogP contribution in [-0.2, 0) is 5.60 Å². The van der Waals surface area contributed by atoms with E-state index in [2.05, 4.69) is 19.1 Å². The van der Waals surface area contributed by atoms with Gasteiger partial charge in [-0.3, -0.25) is 0 Å². The summed E-state index contributed by atoms with van der Waals surface area (Å²) in [5.41, 5.74) is 0.567. The maximum atomic E-state index is 11.0. The van der Waals surface area contributed by atoms with Crippen LogP contribution in [0.1, 0.15) is 76.7 Å². The van der Waals surface area contributed by atoms with Crippen molar-refractivity contribution in [3.8, 4) is 0 Å². The Morgan fingerprint density at radius 2 is 1.50 bits per heavy atom. The molecule has 0 radical (unpaired) electrons. The summed E-state index contributed by atoms with van der Waals surface area (Å²) in [4.78, 5) is 0. The first-order chi connectivity index (χ1) is 10.7.